The van der Waals surface area contributed by atoms with Gasteiger partial charge in [-0.25, -0.2) is 24.9 Å². The van der Waals surface area contributed by atoms with Crippen molar-refractivity contribution in [3.05, 3.63) is 152 Å². The second-order valence-electron chi connectivity index (χ2n) is 9.85. The molecule has 5 heteroatoms. The standard InChI is InChI=1S/C37H25N5/c1-4-11-26(12-5-1)31-23-32(27-17-19-30(20-18-27)34-38-21-10-22-39-34)25-33(24-31)37-41-35(28-13-6-2-7-14-28)40-36(42-37)29-15-8-3-9-16-29/h1-25H. The normalized spacial score (nSPS) is 10.9. The molecule has 0 aliphatic carbocycles. The topological polar surface area (TPSA) is 64.5 Å². The molecule has 0 radical (unpaired) electrons. The SMILES string of the molecule is c1ccc(-c2cc(-c3ccc(-c4ncccn4)cc3)cc(-c3nc(-c4ccccc4)nc(-c4ccccc4)n3)c2)cc1. The Bertz CT molecular complexity index is 1880. The first-order valence-corrected chi connectivity index (χ1v) is 13.8. The quantitative estimate of drug-likeness (QED) is 0.212. The van der Waals surface area contributed by atoms with E-state index in [1.54, 1.807) is 12.4 Å². The van der Waals surface area contributed by atoms with E-state index in [1.807, 2.05) is 72.8 Å². The van der Waals surface area contributed by atoms with Gasteiger partial charge in [-0.05, 0) is 46.5 Å². The van der Waals surface area contributed by atoms with Gasteiger partial charge in [0.15, 0.2) is 23.3 Å². The molecule has 0 aliphatic rings. The highest BCUT2D eigenvalue weighted by Gasteiger charge is 2.15. The van der Waals surface area contributed by atoms with Gasteiger partial charge in [-0.2, -0.15) is 0 Å². The lowest BCUT2D eigenvalue weighted by molar-refractivity contribution is 1.07. The van der Waals surface area contributed by atoms with Crippen LogP contribution in [0.1, 0.15) is 0 Å². The van der Waals surface area contributed by atoms with Crippen LogP contribution < -0.4 is 0 Å². The van der Waals surface area contributed by atoms with Gasteiger partial charge in [-0.3, -0.25) is 0 Å². The maximum atomic E-state index is 4.98. The zero-order chi connectivity index (χ0) is 28.1. The fourth-order valence-corrected chi connectivity index (χ4v) is 4.92. The van der Waals surface area contributed by atoms with Crippen LogP contribution in [0.25, 0.3) is 67.8 Å². The molecule has 0 bridgehead atoms. The minimum Gasteiger partial charge on any atom is -0.237 e. The van der Waals surface area contributed by atoms with Crippen LogP contribution in [0.3, 0.4) is 0 Å². The van der Waals surface area contributed by atoms with Gasteiger partial charge in [0.05, 0.1) is 0 Å². The van der Waals surface area contributed by atoms with Crippen molar-refractivity contribution in [1.29, 1.82) is 0 Å². The van der Waals surface area contributed by atoms with Crippen molar-refractivity contribution >= 4 is 0 Å². The Kier molecular flexibility index (Phi) is 6.81. The van der Waals surface area contributed by atoms with Crippen molar-refractivity contribution in [2.45, 2.75) is 0 Å². The number of hydrogen-bond donors (Lipinski definition) is 0. The van der Waals surface area contributed by atoms with Gasteiger partial charge in [0.1, 0.15) is 0 Å². The Hall–Kier alpha value is -5.81. The van der Waals surface area contributed by atoms with Crippen LogP contribution in [0.5, 0.6) is 0 Å². The molecule has 2 aromatic heterocycles. The van der Waals surface area contributed by atoms with Gasteiger partial charge in [0, 0.05) is 34.6 Å². The Morgan fingerprint density at radius 3 is 1.12 bits per heavy atom. The average molecular weight is 540 g/mol. The Morgan fingerprint density at radius 1 is 0.262 bits per heavy atom. The third kappa shape index (κ3) is 5.31. The highest BCUT2D eigenvalue weighted by molar-refractivity contribution is 5.81. The second-order valence-corrected chi connectivity index (χ2v) is 9.85. The van der Waals surface area contributed by atoms with Crippen LogP contribution in [0, 0.1) is 0 Å². The monoisotopic (exact) mass is 539 g/mol. The van der Waals surface area contributed by atoms with Crippen molar-refractivity contribution in [1.82, 2.24) is 24.9 Å². The highest BCUT2D eigenvalue weighted by Crippen LogP contribution is 2.34. The lowest BCUT2D eigenvalue weighted by Gasteiger charge is -2.13. The summed E-state index contributed by atoms with van der Waals surface area (Å²) in [5, 5.41) is 0. The van der Waals surface area contributed by atoms with E-state index in [0.717, 1.165) is 44.5 Å². The molecular weight excluding hydrogens is 514 g/mol. The first-order valence-electron chi connectivity index (χ1n) is 13.8. The smallest absolute Gasteiger partial charge is 0.164 e. The zero-order valence-corrected chi connectivity index (χ0v) is 22.7. The molecule has 0 fully saturated rings. The molecule has 7 aromatic rings. The molecule has 0 spiro atoms. The van der Waals surface area contributed by atoms with E-state index in [0.29, 0.717) is 23.3 Å². The lowest BCUT2D eigenvalue weighted by atomic mass is 9.95. The summed E-state index contributed by atoms with van der Waals surface area (Å²) in [6.07, 6.45) is 3.52. The van der Waals surface area contributed by atoms with Crippen molar-refractivity contribution in [3.63, 3.8) is 0 Å². The molecule has 5 aromatic carbocycles. The van der Waals surface area contributed by atoms with Gasteiger partial charge in [0.25, 0.3) is 0 Å². The Labute approximate surface area is 244 Å². The molecule has 0 N–H and O–H groups in total. The Balaban J connectivity index is 1.39. The minimum absolute atomic E-state index is 0.621. The minimum atomic E-state index is 0.621. The van der Waals surface area contributed by atoms with Crippen LogP contribution >= 0.6 is 0 Å². The van der Waals surface area contributed by atoms with Crippen LogP contribution in [0.4, 0.5) is 0 Å². The molecule has 0 amide bonds. The first-order chi connectivity index (χ1) is 20.8. The third-order valence-corrected chi connectivity index (χ3v) is 7.04. The van der Waals surface area contributed by atoms with Crippen molar-refractivity contribution in [2.75, 3.05) is 0 Å². The van der Waals surface area contributed by atoms with Gasteiger partial charge >= 0.3 is 0 Å². The summed E-state index contributed by atoms with van der Waals surface area (Å²) < 4.78 is 0. The van der Waals surface area contributed by atoms with Gasteiger partial charge in [-0.15, -0.1) is 0 Å². The predicted molar refractivity (Wildman–Crippen MR) is 168 cm³/mol. The maximum Gasteiger partial charge on any atom is 0.164 e. The molecule has 0 aliphatic heterocycles. The molecule has 0 atom stereocenters. The molecular formula is C37H25N5. The van der Waals surface area contributed by atoms with E-state index in [1.165, 1.54) is 0 Å². The number of rotatable bonds is 6. The summed E-state index contributed by atoms with van der Waals surface area (Å²) in [5.41, 5.74) is 8.11. The van der Waals surface area contributed by atoms with Crippen LogP contribution in [0.2, 0.25) is 0 Å². The van der Waals surface area contributed by atoms with Crippen LogP contribution in [-0.2, 0) is 0 Å². The van der Waals surface area contributed by atoms with E-state index >= 15 is 0 Å². The van der Waals surface area contributed by atoms with E-state index in [-0.39, 0.29) is 0 Å². The number of benzene rings is 5. The third-order valence-electron chi connectivity index (χ3n) is 7.04. The molecule has 5 nitrogen and oxygen atoms in total. The zero-order valence-electron chi connectivity index (χ0n) is 22.7. The highest BCUT2D eigenvalue weighted by atomic mass is 15.0. The largest absolute Gasteiger partial charge is 0.237 e. The summed E-state index contributed by atoms with van der Waals surface area (Å²) in [6, 6.07) is 47.2. The van der Waals surface area contributed by atoms with Crippen molar-refractivity contribution in [2.24, 2.45) is 0 Å². The number of aromatic nitrogens is 5. The summed E-state index contributed by atoms with van der Waals surface area (Å²) >= 11 is 0. The van der Waals surface area contributed by atoms with Crippen LogP contribution in [0.15, 0.2) is 152 Å². The number of nitrogens with zero attached hydrogens (tertiary/aromatic N) is 5. The molecule has 0 saturated heterocycles. The van der Waals surface area contributed by atoms with Crippen molar-refractivity contribution in [3.8, 4) is 67.8 Å². The van der Waals surface area contributed by atoms with Gasteiger partial charge in [-0.1, -0.05) is 115 Å². The van der Waals surface area contributed by atoms with E-state index in [4.69, 9.17) is 15.0 Å². The van der Waals surface area contributed by atoms with Crippen LogP contribution in [-0.4, -0.2) is 24.9 Å². The fourth-order valence-electron chi connectivity index (χ4n) is 4.92. The summed E-state index contributed by atoms with van der Waals surface area (Å²) in [6.45, 7) is 0. The van der Waals surface area contributed by atoms with E-state index < -0.39 is 0 Å². The predicted octanol–water partition coefficient (Wildman–Crippen LogP) is 8.66. The van der Waals surface area contributed by atoms with Crippen molar-refractivity contribution < 1.29 is 0 Å². The van der Waals surface area contributed by atoms with E-state index in [9.17, 15) is 0 Å². The average Bonchev–Trinajstić information content (AvgIpc) is 3.09. The second kappa shape index (κ2) is 11.4. The lowest BCUT2D eigenvalue weighted by Crippen LogP contribution is -2.00. The molecule has 198 valence electrons. The molecule has 0 unspecified atom stereocenters. The molecule has 7 rings (SSSR count). The molecule has 0 saturated carbocycles. The number of hydrogen-bond acceptors (Lipinski definition) is 5. The maximum absolute atomic E-state index is 4.98. The first kappa shape index (κ1) is 25.2. The fraction of sp³-hybridized carbons (Fsp3) is 0. The molecule has 42 heavy (non-hydrogen) atoms. The van der Waals surface area contributed by atoms with E-state index in [2.05, 4.69) is 76.7 Å². The van der Waals surface area contributed by atoms with Gasteiger partial charge < -0.3 is 0 Å². The summed E-state index contributed by atoms with van der Waals surface area (Å²) in [4.78, 5) is 23.6. The van der Waals surface area contributed by atoms with Gasteiger partial charge in [0.2, 0.25) is 0 Å². The summed E-state index contributed by atoms with van der Waals surface area (Å²) in [7, 11) is 0. The molecule has 2 heterocycles. The summed E-state index contributed by atoms with van der Waals surface area (Å²) in [5.74, 6) is 2.60. The Morgan fingerprint density at radius 2 is 0.619 bits per heavy atom.